The molecule has 3 heterocycles. The van der Waals surface area contributed by atoms with Gasteiger partial charge in [-0.05, 0) is 37.1 Å². The third-order valence-electron chi connectivity index (χ3n) is 4.20. The summed E-state index contributed by atoms with van der Waals surface area (Å²) in [5, 5.41) is 9.38. The Kier molecular flexibility index (Phi) is 3.41. The minimum atomic E-state index is -0.811. The minimum absolute atomic E-state index is 0.0558. The van der Waals surface area contributed by atoms with Crippen LogP contribution in [0.1, 0.15) is 47.1 Å². The van der Waals surface area contributed by atoms with Gasteiger partial charge in [-0.15, -0.1) is 0 Å². The fraction of sp³-hybridized carbons (Fsp3) is 0.375. The van der Waals surface area contributed by atoms with Gasteiger partial charge in [-0.2, -0.15) is 0 Å². The number of aromatic nitrogens is 2. The Hall–Kier alpha value is -2.30. The molecule has 0 saturated heterocycles. The second kappa shape index (κ2) is 5.24. The van der Waals surface area contributed by atoms with Crippen LogP contribution in [-0.4, -0.2) is 26.0 Å². The summed E-state index contributed by atoms with van der Waals surface area (Å²) >= 11 is 0. The molecule has 2 aromatic rings. The second-order valence-corrected chi connectivity index (χ2v) is 5.52. The van der Waals surface area contributed by atoms with E-state index in [-0.39, 0.29) is 5.78 Å². The third-order valence-corrected chi connectivity index (χ3v) is 4.20. The van der Waals surface area contributed by atoms with E-state index in [1.807, 2.05) is 23.9 Å². The maximum absolute atomic E-state index is 12.7. The largest absolute Gasteiger partial charge is 0.481 e. The predicted octanol–water partition coefficient (Wildman–Crippen LogP) is 2.41. The topological polar surface area (TPSA) is 64.2 Å². The zero-order valence-electron chi connectivity index (χ0n) is 12.0. The summed E-state index contributed by atoms with van der Waals surface area (Å²) in [7, 11) is 1.83. The van der Waals surface area contributed by atoms with Crippen molar-refractivity contribution in [2.24, 2.45) is 7.05 Å². The van der Waals surface area contributed by atoms with Gasteiger partial charge in [-0.25, -0.2) is 0 Å². The lowest BCUT2D eigenvalue weighted by molar-refractivity contribution is -0.139. The molecule has 0 amide bonds. The number of aliphatic carboxylic acids is 1. The number of rotatable bonds is 3. The zero-order valence-corrected chi connectivity index (χ0v) is 12.0. The standard InChI is InChI=1S/C16H18N2O3/c1-17-9-4-6-13(17)15(19)14-8-7-12-11(16(20)21)5-2-3-10-18(12)14/h4,6-9,11H,2-3,5,10H2,1H3,(H,20,21). The van der Waals surface area contributed by atoms with E-state index in [9.17, 15) is 14.7 Å². The molecule has 1 aliphatic heterocycles. The maximum Gasteiger partial charge on any atom is 0.312 e. The molecule has 5 nitrogen and oxygen atoms in total. The highest BCUT2D eigenvalue weighted by Crippen LogP contribution is 2.29. The van der Waals surface area contributed by atoms with Crippen LogP contribution in [0, 0.1) is 0 Å². The molecule has 0 aromatic carbocycles. The average molecular weight is 286 g/mol. The number of carbonyl (C=O) groups is 2. The first-order valence-corrected chi connectivity index (χ1v) is 7.18. The van der Waals surface area contributed by atoms with E-state index in [1.165, 1.54) is 0 Å². The van der Waals surface area contributed by atoms with Crippen molar-refractivity contribution in [3.8, 4) is 0 Å². The first-order chi connectivity index (χ1) is 10.1. The van der Waals surface area contributed by atoms with Crippen LogP contribution in [0.15, 0.2) is 30.5 Å². The van der Waals surface area contributed by atoms with Crippen LogP contribution in [0.2, 0.25) is 0 Å². The summed E-state index contributed by atoms with van der Waals surface area (Å²) in [6.45, 7) is 0.706. The van der Waals surface area contributed by atoms with Gasteiger partial charge in [0.05, 0.1) is 17.3 Å². The molecule has 21 heavy (non-hydrogen) atoms. The third kappa shape index (κ3) is 2.28. The summed E-state index contributed by atoms with van der Waals surface area (Å²) in [5.74, 6) is -1.38. The Morgan fingerprint density at radius 1 is 1.19 bits per heavy atom. The fourth-order valence-corrected chi connectivity index (χ4v) is 3.08. The van der Waals surface area contributed by atoms with Crippen molar-refractivity contribution >= 4 is 11.8 Å². The lowest BCUT2D eigenvalue weighted by Crippen LogP contribution is -2.17. The summed E-state index contributed by atoms with van der Waals surface area (Å²) < 4.78 is 3.68. The molecule has 1 N–H and O–H groups in total. The number of hydrogen-bond acceptors (Lipinski definition) is 2. The van der Waals surface area contributed by atoms with E-state index in [4.69, 9.17) is 0 Å². The van der Waals surface area contributed by atoms with Gasteiger partial charge in [-0.3, -0.25) is 9.59 Å². The highest BCUT2D eigenvalue weighted by molar-refractivity contribution is 6.07. The minimum Gasteiger partial charge on any atom is -0.481 e. The molecule has 0 bridgehead atoms. The average Bonchev–Trinajstić information content (AvgIpc) is 2.99. The summed E-state index contributed by atoms with van der Waals surface area (Å²) in [6.07, 6.45) is 4.24. The van der Waals surface area contributed by atoms with Gasteiger partial charge in [-0.1, -0.05) is 6.42 Å². The molecule has 1 atom stereocenters. The van der Waals surface area contributed by atoms with E-state index < -0.39 is 11.9 Å². The van der Waals surface area contributed by atoms with Gasteiger partial charge in [0.2, 0.25) is 5.78 Å². The Morgan fingerprint density at radius 2 is 2.00 bits per heavy atom. The van der Waals surface area contributed by atoms with Crippen molar-refractivity contribution in [2.45, 2.75) is 31.7 Å². The van der Waals surface area contributed by atoms with Crippen molar-refractivity contribution in [3.05, 3.63) is 47.5 Å². The highest BCUT2D eigenvalue weighted by Gasteiger charge is 2.28. The molecule has 0 radical (unpaired) electrons. The number of carboxylic acids is 1. The SMILES string of the molecule is Cn1cccc1C(=O)c1ccc2n1CCCCC2C(=O)O. The van der Waals surface area contributed by atoms with E-state index >= 15 is 0 Å². The van der Waals surface area contributed by atoms with Gasteiger partial charge >= 0.3 is 5.97 Å². The first kappa shape index (κ1) is 13.7. The molecule has 2 aromatic heterocycles. The molecule has 0 aliphatic carbocycles. The fourth-order valence-electron chi connectivity index (χ4n) is 3.08. The van der Waals surface area contributed by atoms with Gasteiger partial charge in [0.15, 0.2) is 0 Å². The van der Waals surface area contributed by atoms with E-state index in [1.54, 1.807) is 22.8 Å². The number of nitrogens with zero attached hydrogens (tertiary/aromatic N) is 2. The quantitative estimate of drug-likeness (QED) is 0.881. The highest BCUT2D eigenvalue weighted by atomic mass is 16.4. The molecular weight excluding hydrogens is 268 g/mol. The van der Waals surface area contributed by atoms with E-state index in [2.05, 4.69) is 0 Å². The Labute approximate surface area is 122 Å². The Morgan fingerprint density at radius 3 is 2.67 bits per heavy atom. The maximum atomic E-state index is 12.7. The van der Waals surface area contributed by atoms with Crippen molar-refractivity contribution < 1.29 is 14.7 Å². The Balaban J connectivity index is 2.04. The van der Waals surface area contributed by atoms with Gasteiger partial charge in [0.1, 0.15) is 0 Å². The smallest absolute Gasteiger partial charge is 0.312 e. The number of aryl methyl sites for hydroxylation is 1. The van der Waals surface area contributed by atoms with Gasteiger partial charge < -0.3 is 14.2 Å². The van der Waals surface area contributed by atoms with Crippen molar-refractivity contribution in [1.29, 1.82) is 0 Å². The van der Waals surface area contributed by atoms with Crippen molar-refractivity contribution in [2.75, 3.05) is 0 Å². The molecule has 110 valence electrons. The van der Waals surface area contributed by atoms with Crippen LogP contribution >= 0.6 is 0 Å². The van der Waals surface area contributed by atoms with Crippen LogP contribution in [-0.2, 0) is 18.4 Å². The van der Waals surface area contributed by atoms with Crippen LogP contribution in [0.5, 0.6) is 0 Å². The number of carbonyl (C=O) groups excluding carboxylic acids is 1. The summed E-state index contributed by atoms with van der Waals surface area (Å²) in [6, 6.07) is 7.17. The molecule has 3 rings (SSSR count). The monoisotopic (exact) mass is 286 g/mol. The van der Waals surface area contributed by atoms with Crippen molar-refractivity contribution in [1.82, 2.24) is 9.13 Å². The number of fused-ring (bicyclic) bond motifs is 1. The predicted molar refractivity (Wildman–Crippen MR) is 77.5 cm³/mol. The van der Waals surface area contributed by atoms with Crippen LogP contribution < -0.4 is 0 Å². The second-order valence-electron chi connectivity index (χ2n) is 5.52. The molecule has 0 saturated carbocycles. The van der Waals surface area contributed by atoms with Crippen LogP contribution in [0.25, 0.3) is 0 Å². The van der Waals surface area contributed by atoms with E-state index in [0.29, 0.717) is 24.4 Å². The molecular formula is C16H18N2O3. The molecule has 1 aliphatic rings. The summed E-state index contributed by atoms with van der Waals surface area (Å²) in [5.41, 5.74) is 1.95. The number of carboxylic acid groups (broad SMARTS) is 1. The van der Waals surface area contributed by atoms with Gasteiger partial charge in [0, 0.05) is 25.5 Å². The zero-order chi connectivity index (χ0) is 15.0. The molecule has 1 unspecified atom stereocenters. The first-order valence-electron chi connectivity index (χ1n) is 7.18. The molecule has 0 fully saturated rings. The molecule has 5 heteroatoms. The summed E-state index contributed by atoms with van der Waals surface area (Å²) in [4.78, 5) is 24.1. The number of ketones is 1. The lowest BCUT2D eigenvalue weighted by atomic mass is 10.0. The Bertz CT molecular complexity index is 696. The van der Waals surface area contributed by atoms with Gasteiger partial charge in [0.25, 0.3) is 0 Å². The number of hydrogen-bond donors (Lipinski definition) is 1. The lowest BCUT2D eigenvalue weighted by Gasteiger charge is -2.13. The molecule has 0 spiro atoms. The van der Waals surface area contributed by atoms with Crippen LogP contribution in [0.4, 0.5) is 0 Å². The normalized spacial score (nSPS) is 18.0. The van der Waals surface area contributed by atoms with Crippen LogP contribution in [0.3, 0.4) is 0 Å². The van der Waals surface area contributed by atoms with E-state index in [0.717, 1.165) is 18.5 Å². The van der Waals surface area contributed by atoms with Crippen molar-refractivity contribution in [3.63, 3.8) is 0 Å².